The van der Waals surface area contributed by atoms with E-state index in [1.165, 1.54) is 23.8 Å². The molecule has 0 aromatic heterocycles. The van der Waals surface area contributed by atoms with E-state index >= 15 is 0 Å². The molecule has 0 heterocycles. The molecule has 0 spiro atoms. The summed E-state index contributed by atoms with van der Waals surface area (Å²) in [6.07, 6.45) is 2.94. The topological polar surface area (TPSA) is 69.6 Å². The molecule has 4 heteroatoms. The normalized spacial score (nSPS) is 11.0. The van der Waals surface area contributed by atoms with Gasteiger partial charge < -0.3 is 15.5 Å². The lowest BCUT2D eigenvalue weighted by Gasteiger charge is -2.07. The van der Waals surface area contributed by atoms with Gasteiger partial charge in [-0.05, 0) is 47.4 Å². The second-order valence-corrected chi connectivity index (χ2v) is 5.35. The van der Waals surface area contributed by atoms with Crippen molar-refractivity contribution in [1.82, 2.24) is 0 Å². The molecule has 0 aliphatic carbocycles. The van der Waals surface area contributed by atoms with Crippen molar-refractivity contribution in [2.45, 2.75) is 19.8 Å². The second kappa shape index (κ2) is 6.80. The first-order valence-electron chi connectivity index (χ1n) is 7.06. The lowest BCUT2D eigenvalue weighted by Crippen LogP contribution is -2.07. The van der Waals surface area contributed by atoms with Crippen molar-refractivity contribution in [3.8, 4) is 11.5 Å². The lowest BCUT2D eigenvalue weighted by atomic mass is 10.0. The van der Waals surface area contributed by atoms with Gasteiger partial charge in [0.05, 0.1) is 0 Å². The molecule has 2 aromatic carbocycles. The Morgan fingerprint density at radius 1 is 1.05 bits per heavy atom. The molecule has 1 amide bonds. The maximum Gasteiger partial charge on any atom is 0.248 e. The van der Waals surface area contributed by atoms with Crippen LogP contribution < -0.4 is 5.32 Å². The molecule has 0 atom stereocenters. The Hall–Kier alpha value is -2.75. The number of anilines is 1. The van der Waals surface area contributed by atoms with E-state index in [0.717, 1.165) is 5.69 Å². The van der Waals surface area contributed by atoms with E-state index in [1.807, 2.05) is 24.3 Å². The number of hydrogen-bond donors (Lipinski definition) is 3. The molecule has 3 N–H and O–H groups in total. The fraction of sp³-hybridized carbons (Fsp3) is 0.167. The molecule has 2 aromatic rings. The van der Waals surface area contributed by atoms with Crippen molar-refractivity contribution in [2.75, 3.05) is 5.32 Å². The summed E-state index contributed by atoms with van der Waals surface area (Å²) in [5, 5.41) is 21.4. The van der Waals surface area contributed by atoms with Gasteiger partial charge in [0.2, 0.25) is 5.91 Å². The number of nitrogens with one attached hydrogen (secondary N) is 1. The van der Waals surface area contributed by atoms with Crippen LogP contribution in [-0.4, -0.2) is 16.1 Å². The summed E-state index contributed by atoms with van der Waals surface area (Å²) in [6, 6.07) is 12.1. The number of phenolic OH excluding ortho intramolecular Hbond substituents is 2. The molecule has 22 heavy (non-hydrogen) atoms. The highest BCUT2D eigenvalue weighted by atomic mass is 16.3. The van der Waals surface area contributed by atoms with Crippen molar-refractivity contribution < 1.29 is 15.0 Å². The highest BCUT2D eigenvalue weighted by Crippen LogP contribution is 2.25. The third kappa shape index (κ3) is 4.12. The van der Waals surface area contributed by atoms with Crippen LogP contribution >= 0.6 is 0 Å². The summed E-state index contributed by atoms with van der Waals surface area (Å²) in [5.74, 6) is -0.213. The molecule has 0 saturated carbocycles. The Bertz CT molecular complexity index is 688. The number of phenols is 2. The van der Waals surface area contributed by atoms with Gasteiger partial charge >= 0.3 is 0 Å². The Morgan fingerprint density at radius 3 is 2.32 bits per heavy atom. The SMILES string of the molecule is CC(C)c1ccc(NC(=O)/C=C/c2ccc(O)c(O)c2)cc1. The maximum absolute atomic E-state index is 11.8. The van der Waals surface area contributed by atoms with E-state index < -0.39 is 0 Å². The van der Waals surface area contributed by atoms with Gasteiger partial charge in [-0.25, -0.2) is 0 Å². The van der Waals surface area contributed by atoms with Crippen molar-refractivity contribution in [3.05, 3.63) is 59.7 Å². The minimum absolute atomic E-state index is 0.188. The van der Waals surface area contributed by atoms with Gasteiger partial charge in [-0.2, -0.15) is 0 Å². The summed E-state index contributed by atoms with van der Waals surface area (Å²) >= 11 is 0. The molecule has 114 valence electrons. The average Bonchev–Trinajstić information content (AvgIpc) is 2.49. The van der Waals surface area contributed by atoms with Gasteiger partial charge in [-0.1, -0.05) is 32.0 Å². The fourth-order valence-electron chi connectivity index (χ4n) is 1.95. The predicted octanol–water partition coefficient (Wildman–Crippen LogP) is 3.87. The number of rotatable bonds is 4. The summed E-state index contributed by atoms with van der Waals surface area (Å²) < 4.78 is 0. The molecule has 0 aliphatic rings. The van der Waals surface area contributed by atoms with Gasteiger partial charge in [0.25, 0.3) is 0 Å². The highest BCUT2D eigenvalue weighted by Gasteiger charge is 2.02. The molecule has 0 fully saturated rings. The number of benzene rings is 2. The van der Waals surface area contributed by atoms with Crippen molar-refractivity contribution in [2.24, 2.45) is 0 Å². The van der Waals surface area contributed by atoms with Crippen molar-refractivity contribution in [1.29, 1.82) is 0 Å². The molecule has 0 aliphatic heterocycles. The number of hydrogen-bond acceptors (Lipinski definition) is 3. The van der Waals surface area contributed by atoms with E-state index in [1.54, 1.807) is 12.1 Å². The zero-order chi connectivity index (χ0) is 16.1. The molecule has 4 nitrogen and oxygen atoms in total. The minimum atomic E-state index is -0.259. The maximum atomic E-state index is 11.8. The van der Waals surface area contributed by atoms with Gasteiger partial charge in [-0.15, -0.1) is 0 Å². The first kappa shape index (κ1) is 15.6. The number of aromatic hydroxyl groups is 2. The van der Waals surface area contributed by atoms with Crippen LogP contribution in [0.1, 0.15) is 30.9 Å². The number of carbonyl (C=O) groups is 1. The zero-order valence-corrected chi connectivity index (χ0v) is 12.6. The average molecular weight is 297 g/mol. The van der Waals surface area contributed by atoms with Crippen LogP contribution in [0, 0.1) is 0 Å². The smallest absolute Gasteiger partial charge is 0.248 e. The van der Waals surface area contributed by atoms with Gasteiger partial charge in [0, 0.05) is 11.8 Å². The molecule has 0 saturated heterocycles. The standard InChI is InChI=1S/C18H19NO3/c1-12(2)14-5-7-15(8-6-14)19-18(22)10-4-13-3-9-16(20)17(21)11-13/h3-12,20-21H,1-2H3,(H,19,22)/b10-4+. The van der Waals surface area contributed by atoms with E-state index in [4.69, 9.17) is 0 Å². The Kier molecular flexibility index (Phi) is 4.84. The summed E-state index contributed by atoms with van der Waals surface area (Å²) in [4.78, 5) is 11.8. The third-order valence-electron chi connectivity index (χ3n) is 3.27. The van der Waals surface area contributed by atoms with Gasteiger partial charge in [0.1, 0.15) is 0 Å². The monoisotopic (exact) mass is 297 g/mol. The van der Waals surface area contributed by atoms with Gasteiger partial charge in [-0.3, -0.25) is 4.79 Å². The molecular formula is C18H19NO3. The van der Waals surface area contributed by atoms with Crippen LogP contribution in [-0.2, 0) is 4.79 Å². The van der Waals surface area contributed by atoms with E-state index in [9.17, 15) is 15.0 Å². The Balaban J connectivity index is 2.00. The molecule has 0 bridgehead atoms. The van der Waals surface area contributed by atoms with Crippen LogP contribution in [0.2, 0.25) is 0 Å². The molecule has 0 unspecified atom stereocenters. The van der Waals surface area contributed by atoms with E-state index in [0.29, 0.717) is 11.5 Å². The Labute approximate surface area is 129 Å². The lowest BCUT2D eigenvalue weighted by molar-refractivity contribution is -0.111. The van der Waals surface area contributed by atoms with Crippen LogP contribution in [0.25, 0.3) is 6.08 Å². The predicted molar refractivity (Wildman–Crippen MR) is 88.0 cm³/mol. The molecule has 0 radical (unpaired) electrons. The number of amides is 1. The summed E-state index contributed by atoms with van der Waals surface area (Å²) in [7, 11) is 0. The van der Waals surface area contributed by atoms with Crippen LogP contribution in [0.15, 0.2) is 48.5 Å². The van der Waals surface area contributed by atoms with Crippen LogP contribution in [0.5, 0.6) is 11.5 Å². The van der Waals surface area contributed by atoms with E-state index in [2.05, 4.69) is 19.2 Å². The Morgan fingerprint density at radius 2 is 1.73 bits per heavy atom. The largest absolute Gasteiger partial charge is 0.504 e. The van der Waals surface area contributed by atoms with Crippen molar-refractivity contribution in [3.63, 3.8) is 0 Å². The molecular weight excluding hydrogens is 278 g/mol. The fourth-order valence-corrected chi connectivity index (χ4v) is 1.95. The first-order valence-corrected chi connectivity index (χ1v) is 7.06. The minimum Gasteiger partial charge on any atom is -0.504 e. The zero-order valence-electron chi connectivity index (χ0n) is 12.6. The van der Waals surface area contributed by atoms with Crippen molar-refractivity contribution >= 4 is 17.7 Å². The van der Waals surface area contributed by atoms with Gasteiger partial charge in [0.15, 0.2) is 11.5 Å². The highest BCUT2D eigenvalue weighted by molar-refractivity contribution is 6.01. The molecule has 2 rings (SSSR count). The second-order valence-electron chi connectivity index (χ2n) is 5.35. The van der Waals surface area contributed by atoms with Crippen LogP contribution in [0.4, 0.5) is 5.69 Å². The van der Waals surface area contributed by atoms with Crippen LogP contribution in [0.3, 0.4) is 0 Å². The first-order chi connectivity index (χ1) is 10.5. The summed E-state index contributed by atoms with van der Waals surface area (Å²) in [5.41, 5.74) is 2.57. The van der Waals surface area contributed by atoms with E-state index in [-0.39, 0.29) is 17.4 Å². The number of carbonyl (C=O) groups excluding carboxylic acids is 1. The third-order valence-corrected chi connectivity index (χ3v) is 3.27. The summed E-state index contributed by atoms with van der Waals surface area (Å²) in [6.45, 7) is 4.23. The quantitative estimate of drug-likeness (QED) is 0.592.